The van der Waals surface area contributed by atoms with Crippen LogP contribution in [0.2, 0.25) is 0 Å². The molecule has 8 nitrogen and oxygen atoms in total. The van der Waals surface area contributed by atoms with Crippen LogP contribution in [0.15, 0.2) is 72.8 Å². The molecule has 2 aliphatic heterocycles. The number of carbonyl (C=O) groups excluding carboxylic acids is 4. The minimum atomic E-state index is -0.303. The van der Waals surface area contributed by atoms with E-state index in [2.05, 4.69) is 91.8 Å². The summed E-state index contributed by atoms with van der Waals surface area (Å²) in [4.78, 5) is 63.5. The smallest absolute Gasteiger partial charge is 0.261 e. The fraction of sp³-hybridized carbons (Fsp3) is 0.400. The second kappa shape index (κ2) is 16.7. The molecule has 7 aromatic carbocycles. The Morgan fingerprint density at radius 2 is 0.721 bits per heavy atom. The maximum atomic E-state index is 15.3. The van der Waals surface area contributed by atoms with E-state index >= 15 is 9.59 Å². The molecule has 0 atom stereocenters. The largest absolute Gasteiger partial charge is 0.456 e. The van der Waals surface area contributed by atoms with Crippen LogP contribution in [0, 0.1) is 0 Å². The number of fused-ring (bicyclic) bond motifs is 2. The van der Waals surface area contributed by atoms with E-state index < -0.39 is 0 Å². The van der Waals surface area contributed by atoms with Gasteiger partial charge >= 0.3 is 0 Å². The molecule has 348 valence electrons. The first-order chi connectivity index (χ1) is 32.8. The molecule has 0 radical (unpaired) electrons. The Bertz CT molecular complexity index is 2990. The number of hydrogen-bond acceptors (Lipinski definition) is 6. The molecule has 11 rings (SSSR count). The Morgan fingerprint density at radius 3 is 1.04 bits per heavy atom. The number of carbonyl (C=O) groups is 4. The molecule has 4 amide bonds. The van der Waals surface area contributed by atoms with Crippen molar-refractivity contribution >= 4 is 66.7 Å². The number of nitrogens with zero attached hydrogens (tertiary/aromatic N) is 2. The summed E-state index contributed by atoms with van der Waals surface area (Å²) >= 11 is 0. The molecule has 2 saturated carbocycles. The fourth-order valence-corrected chi connectivity index (χ4v) is 12.4. The summed E-state index contributed by atoms with van der Waals surface area (Å²) in [5.41, 5.74) is 6.03. The van der Waals surface area contributed by atoms with Gasteiger partial charge in [-0.05, 0) is 107 Å². The van der Waals surface area contributed by atoms with Crippen LogP contribution in [0.3, 0.4) is 0 Å². The van der Waals surface area contributed by atoms with Crippen LogP contribution in [-0.4, -0.2) is 45.5 Å². The van der Waals surface area contributed by atoms with E-state index in [0.717, 1.165) is 130 Å². The average molecular weight is 907 g/mol. The summed E-state index contributed by atoms with van der Waals surface area (Å²) in [6, 6.07) is 23.8. The highest BCUT2D eigenvalue weighted by Gasteiger charge is 2.43. The second-order valence-electron chi connectivity index (χ2n) is 21.3. The van der Waals surface area contributed by atoms with E-state index in [4.69, 9.17) is 9.47 Å². The number of benzene rings is 7. The minimum absolute atomic E-state index is 0.127. The summed E-state index contributed by atoms with van der Waals surface area (Å²) in [7, 11) is 0. The number of para-hydroxylation sites is 2. The van der Waals surface area contributed by atoms with Gasteiger partial charge in [-0.2, -0.15) is 0 Å². The normalized spacial score (nSPS) is 17.3. The fourth-order valence-electron chi connectivity index (χ4n) is 12.4. The SMILES string of the molecule is CC(C)c1cccc(C(C)C)c1Oc1cc2c3c(ccc4c5c(Oc6c(C(C)C)cccc6C(C)C)cc6c7c(ccc(c1c34)c75)C(=O)N(C1CCCCC1)C6=O)C(=O)N(C1CCCCC1)C2=O. The molecule has 2 fully saturated rings. The van der Waals surface area contributed by atoms with Crippen LogP contribution in [0.5, 0.6) is 23.0 Å². The van der Waals surface area contributed by atoms with Crippen LogP contribution in [0.1, 0.15) is 207 Å². The quantitative estimate of drug-likeness (QED) is 0.0771. The molecule has 68 heavy (non-hydrogen) atoms. The van der Waals surface area contributed by atoms with Gasteiger partial charge in [0.05, 0.1) is 11.1 Å². The Kier molecular flexibility index (Phi) is 10.9. The Labute approximate surface area is 399 Å². The van der Waals surface area contributed by atoms with Crippen molar-refractivity contribution in [2.24, 2.45) is 0 Å². The van der Waals surface area contributed by atoms with E-state index in [9.17, 15) is 9.59 Å². The van der Waals surface area contributed by atoms with Crippen molar-refractivity contribution in [3.8, 4) is 23.0 Å². The molecule has 0 bridgehead atoms. The van der Waals surface area contributed by atoms with E-state index in [-0.39, 0.29) is 59.4 Å². The predicted molar refractivity (Wildman–Crippen MR) is 272 cm³/mol. The van der Waals surface area contributed by atoms with E-state index in [0.29, 0.717) is 44.5 Å². The first-order valence-corrected chi connectivity index (χ1v) is 25.4. The highest BCUT2D eigenvalue weighted by molar-refractivity contribution is 6.43. The zero-order valence-corrected chi connectivity index (χ0v) is 40.8. The van der Waals surface area contributed by atoms with Gasteiger partial charge in [-0.15, -0.1) is 0 Å². The van der Waals surface area contributed by atoms with Crippen LogP contribution in [0.25, 0.3) is 43.1 Å². The van der Waals surface area contributed by atoms with Gasteiger partial charge < -0.3 is 9.47 Å². The van der Waals surface area contributed by atoms with Crippen molar-refractivity contribution < 1.29 is 28.7 Å². The Balaban J connectivity index is 1.29. The first-order valence-electron chi connectivity index (χ1n) is 25.4. The summed E-state index contributed by atoms with van der Waals surface area (Å²) in [5.74, 6) is 1.84. The van der Waals surface area contributed by atoms with E-state index in [1.807, 2.05) is 36.4 Å². The number of imide groups is 2. The van der Waals surface area contributed by atoms with Crippen molar-refractivity contribution in [1.82, 2.24) is 9.80 Å². The average Bonchev–Trinajstić information content (AvgIpc) is 3.33. The molecule has 8 heteroatoms. The molecule has 0 unspecified atom stereocenters. The zero-order valence-electron chi connectivity index (χ0n) is 40.8. The summed E-state index contributed by atoms with van der Waals surface area (Å²) in [5, 5.41) is 5.61. The van der Waals surface area contributed by atoms with Crippen LogP contribution in [0.4, 0.5) is 0 Å². The monoisotopic (exact) mass is 906 g/mol. The van der Waals surface area contributed by atoms with Gasteiger partial charge in [0, 0.05) is 55.5 Å². The van der Waals surface area contributed by atoms with Gasteiger partial charge in [-0.25, -0.2) is 0 Å². The number of hydrogen-bond donors (Lipinski definition) is 0. The minimum Gasteiger partial charge on any atom is -0.456 e. The maximum Gasteiger partial charge on any atom is 0.261 e. The summed E-state index contributed by atoms with van der Waals surface area (Å²) < 4.78 is 14.8. The Hall–Kier alpha value is -6.28. The molecule has 0 spiro atoms. The molecule has 0 saturated heterocycles. The number of ether oxygens (including phenoxy) is 2. The van der Waals surface area contributed by atoms with Gasteiger partial charge in [0.1, 0.15) is 23.0 Å². The topological polar surface area (TPSA) is 93.2 Å². The standard InChI is InChI=1S/C60H62N2O6/c1-31(2)37-21-15-22-38(32(3)4)55(37)67-47-29-45-49-43(57(63)61(59(45)65)35-17-11-9-12-18-35)28-26-42-52-48(68-56-39(33(5)6)23-16-24-40(56)34(7)8)30-46-50-44(27-25-41(54(50)52)51(47)53(42)49)58(64)62(60(46)66)36-19-13-10-14-20-36/h15-16,21-36H,9-14,17-20H2,1-8H3. The lowest BCUT2D eigenvalue weighted by atomic mass is 9.80. The molecule has 4 aliphatic rings. The van der Waals surface area contributed by atoms with Crippen molar-refractivity contribution in [3.05, 3.63) is 117 Å². The molecule has 7 aromatic rings. The van der Waals surface area contributed by atoms with Gasteiger partial charge in [-0.1, -0.05) is 142 Å². The number of amides is 4. The lowest BCUT2D eigenvalue weighted by Crippen LogP contribution is -2.48. The third-order valence-corrected chi connectivity index (χ3v) is 15.8. The third-order valence-electron chi connectivity index (χ3n) is 15.8. The van der Waals surface area contributed by atoms with Crippen molar-refractivity contribution in [1.29, 1.82) is 0 Å². The van der Waals surface area contributed by atoms with Gasteiger partial charge in [-0.3, -0.25) is 29.0 Å². The van der Waals surface area contributed by atoms with Crippen LogP contribution < -0.4 is 9.47 Å². The molecular formula is C60H62N2O6. The van der Waals surface area contributed by atoms with Crippen LogP contribution >= 0.6 is 0 Å². The third kappa shape index (κ3) is 6.67. The highest BCUT2D eigenvalue weighted by atomic mass is 16.5. The lowest BCUT2D eigenvalue weighted by Gasteiger charge is -2.37. The van der Waals surface area contributed by atoms with Gasteiger partial charge in [0.15, 0.2) is 0 Å². The predicted octanol–water partition coefficient (Wildman–Crippen LogP) is 15.7. The summed E-state index contributed by atoms with van der Waals surface area (Å²) in [6.45, 7) is 17.3. The second-order valence-corrected chi connectivity index (χ2v) is 21.3. The Morgan fingerprint density at radius 1 is 0.397 bits per heavy atom. The first kappa shape index (κ1) is 44.2. The van der Waals surface area contributed by atoms with E-state index in [1.165, 1.54) is 9.80 Å². The lowest BCUT2D eigenvalue weighted by molar-refractivity contribution is 0.0487. The van der Waals surface area contributed by atoms with E-state index in [1.54, 1.807) is 0 Å². The van der Waals surface area contributed by atoms with Crippen molar-refractivity contribution in [2.75, 3.05) is 0 Å². The van der Waals surface area contributed by atoms with Gasteiger partial charge in [0.2, 0.25) is 0 Å². The van der Waals surface area contributed by atoms with Crippen molar-refractivity contribution in [3.63, 3.8) is 0 Å². The van der Waals surface area contributed by atoms with Gasteiger partial charge in [0.25, 0.3) is 23.6 Å². The highest BCUT2D eigenvalue weighted by Crippen LogP contribution is 2.55. The molecule has 2 aliphatic carbocycles. The molecular weight excluding hydrogens is 845 g/mol. The van der Waals surface area contributed by atoms with Crippen LogP contribution in [-0.2, 0) is 0 Å². The zero-order chi connectivity index (χ0) is 47.4. The maximum absolute atomic E-state index is 15.3. The molecule has 0 aromatic heterocycles. The van der Waals surface area contributed by atoms with Crippen molar-refractivity contribution in [2.45, 2.75) is 155 Å². The molecule has 2 heterocycles. The number of rotatable bonds is 10. The molecule has 0 N–H and O–H groups in total. The summed E-state index contributed by atoms with van der Waals surface area (Å²) in [6.07, 6.45) is 9.17.